The third-order valence-corrected chi connectivity index (χ3v) is 2.02. The van der Waals surface area contributed by atoms with E-state index in [0.717, 1.165) is 12.1 Å². The van der Waals surface area contributed by atoms with Gasteiger partial charge in [-0.15, -0.1) is 0 Å². The second-order valence-corrected chi connectivity index (χ2v) is 3.57. The van der Waals surface area contributed by atoms with Gasteiger partial charge in [-0.25, -0.2) is 4.98 Å². The molecule has 0 aliphatic carbocycles. The van der Waals surface area contributed by atoms with Gasteiger partial charge in [-0.2, -0.15) is 13.2 Å². The summed E-state index contributed by atoms with van der Waals surface area (Å²) in [6.45, 7) is 3.61. The molecule has 0 fully saturated rings. The van der Waals surface area contributed by atoms with Crippen LogP contribution in [-0.4, -0.2) is 12.0 Å². The maximum atomic E-state index is 12.5. The molecule has 0 atom stereocenters. The number of rotatable bonds is 2. The zero-order valence-electron chi connectivity index (χ0n) is 8.81. The van der Waals surface area contributed by atoms with Crippen molar-refractivity contribution in [2.45, 2.75) is 25.9 Å². The Morgan fingerprint density at radius 2 is 1.87 bits per heavy atom. The van der Waals surface area contributed by atoms with E-state index >= 15 is 0 Å². The molecule has 1 aromatic rings. The van der Waals surface area contributed by atoms with Crippen LogP contribution in [0.3, 0.4) is 0 Å². The first-order chi connectivity index (χ1) is 6.84. The third kappa shape index (κ3) is 2.84. The molecule has 0 saturated heterocycles. The highest BCUT2D eigenvalue weighted by Gasteiger charge is 2.31. The summed E-state index contributed by atoms with van der Waals surface area (Å²) in [5.74, 6) is 0.216. The maximum Gasteiger partial charge on any atom is 0.416 e. The van der Waals surface area contributed by atoms with Gasteiger partial charge in [0.2, 0.25) is 0 Å². The molecule has 5 heteroatoms. The number of pyridine rings is 1. The fourth-order valence-electron chi connectivity index (χ4n) is 1.14. The Balaban J connectivity index is 3.23. The van der Waals surface area contributed by atoms with Crippen molar-refractivity contribution in [1.82, 2.24) is 4.98 Å². The first-order valence-corrected chi connectivity index (χ1v) is 4.61. The Morgan fingerprint density at radius 1 is 1.27 bits per heavy atom. The van der Waals surface area contributed by atoms with Crippen LogP contribution in [0.2, 0.25) is 0 Å². The minimum Gasteiger partial charge on any atom is -0.373 e. The van der Waals surface area contributed by atoms with Crippen LogP contribution in [0, 0.1) is 0 Å². The van der Waals surface area contributed by atoms with E-state index in [9.17, 15) is 13.2 Å². The Kier molecular flexibility index (Phi) is 3.21. The van der Waals surface area contributed by atoms with Crippen LogP contribution in [-0.2, 0) is 6.18 Å². The second-order valence-electron chi connectivity index (χ2n) is 3.57. The summed E-state index contributed by atoms with van der Waals surface area (Å²) in [7, 11) is 1.55. The summed E-state index contributed by atoms with van der Waals surface area (Å²) < 4.78 is 37.5. The summed E-state index contributed by atoms with van der Waals surface area (Å²) in [5.41, 5.74) is -0.222. The van der Waals surface area contributed by atoms with E-state index in [1.54, 1.807) is 7.05 Å². The van der Waals surface area contributed by atoms with E-state index in [4.69, 9.17) is 0 Å². The van der Waals surface area contributed by atoms with Gasteiger partial charge in [0, 0.05) is 12.7 Å². The number of aromatic nitrogens is 1. The molecule has 0 aliphatic heterocycles. The molecule has 0 amide bonds. The van der Waals surface area contributed by atoms with Crippen molar-refractivity contribution in [3.63, 3.8) is 0 Å². The zero-order valence-corrected chi connectivity index (χ0v) is 8.81. The van der Waals surface area contributed by atoms with Crippen molar-refractivity contribution in [3.8, 4) is 0 Å². The number of nitrogens with zero attached hydrogens (tertiary/aromatic N) is 1. The Bertz CT molecular complexity index is 345. The van der Waals surface area contributed by atoms with Gasteiger partial charge in [0.15, 0.2) is 0 Å². The van der Waals surface area contributed by atoms with E-state index in [1.165, 1.54) is 0 Å². The van der Waals surface area contributed by atoms with Gasteiger partial charge in [0.05, 0.1) is 5.56 Å². The highest BCUT2D eigenvalue weighted by Crippen LogP contribution is 2.32. The molecule has 0 radical (unpaired) electrons. The van der Waals surface area contributed by atoms with E-state index in [2.05, 4.69) is 10.3 Å². The van der Waals surface area contributed by atoms with E-state index in [-0.39, 0.29) is 11.7 Å². The molecule has 84 valence electrons. The normalized spacial score (nSPS) is 11.9. The monoisotopic (exact) mass is 218 g/mol. The topological polar surface area (TPSA) is 24.9 Å². The average Bonchev–Trinajstić information content (AvgIpc) is 2.15. The molecular formula is C10H13F3N2. The Labute approximate surface area is 86.5 Å². The van der Waals surface area contributed by atoms with Crippen molar-refractivity contribution in [3.05, 3.63) is 23.4 Å². The van der Waals surface area contributed by atoms with E-state index in [1.807, 2.05) is 13.8 Å². The fourth-order valence-corrected chi connectivity index (χ4v) is 1.14. The largest absolute Gasteiger partial charge is 0.416 e. The van der Waals surface area contributed by atoms with Gasteiger partial charge < -0.3 is 5.32 Å². The molecule has 0 bridgehead atoms. The van der Waals surface area contributed by atoms with Crippen molar-refractivity contribution in [2.75, 3.05) is 12.4 Å². The van der Waals surface area contributed by atoms with Crippen LogP contribution < -0.4 is 5.32 Å². The molecule has 0 spiro atoms. The first-order valence-electron chi connectivity index (χ1n) is 4.61. The quantitative estimate of drug-likeness (QED) is 0.824. The third-order valence-electron chi connectivity index (χ3n) is 2.02. The number of alkyl halides is 3. The van der Waals surface area contributed by atoms with Gasteiger partial charge in [-0.3, -0.25) is 0 Å². The molecule has 0 saturated carbocycles. The standard InChI is InChI=1S/C10H13F3N2/c1-6(2)8-4-7(10(11,12)13)5-9(14-3)15-8/h4-6H,1-3H3,(H,14,15). The summed E-state index contributed by atoms with van der Waals surface area (Å²) in [4.78, 5) is 4.05. The molecule has 1 N–H and O–H groups in total. The summed E-state index contributed by atoms with van der Waals surface area (Å²) in [6.07, 6.45) is -4.32. The molecular weight excluding hydrogens is 205 g/mol. The highest BCUT2D eigenvalue weighted by atomic mass is 19.4. The predicted octanol–water partition coefficient (Wildman–Crippen LogP) is 3.27. The van der Waals surface area contributed by atoms with Crippen LogP contribution in [0.4, 0.5) is 19.0 Å². The number of hydrogen-bond donors (Lipinski definition) is 1. The predicted molar refractivity (Wildman–Crippen MR) is 52.9 cm³/mol. The van der Waals surface area contributed by atoms with Crippen molar-refractivity contribution in [1.29, 1.82) is 0 Å². The number of anilines is 1. The average molecular weight is 218 g/mol. The molecule has 0 aliphatic rings. The number of halogens is 3. The molecule has 0 unspecified atom stereocenters. The summed E-state index contributed by atoms with van der Waals surface area (Å²) in [6, 6.07) is 2.09. The van der Waals surface area contributed by atoms with Gasteiger partial charge in [-0.05, 0) is 18.1 Å². The lowest BCUT2D eigenvalue weighted by atomic mass is 10.1. The minimum atomic E-state index is -4.32. The Morgan fingerprint density at radius 3 is 2.27 bits per heavy atom. The molecule has 1 aromatic heterocycles. The van der Waals surface area contributed by atoms with Crippen LogP contribution in [0.5, 0.6) is 0 Å². The lowest BCUT2D eigenvalue weighted by Gasteiger charge is -2.12. The zero-order chi connectivity index (χ0) is 11.6. The van der Waals surface area contributed by atoms with Crippen molar-refractivity contribution >= 4 is 5.82 Å². The lowest BCUT2D eigenvalue weighted by molar-refractivity contribution is -0.137. The van der Waals surface area contributed by atoms with Crippen molar-refractivity contribution < 1.29 is 13.2 Å². The number of nitrogens with one attached hydrogen (secondary N) is 1. The van der Waals surface area contributed by atoms with Gasteiger partial charge in [-0.1, -0.05) is 13.8 Å². The second kappa shape index (κ2) is 4.08. The Hall–Kier alpha value is -1.26. The highest BCUT2D eigenvalue weighted by molar-refractivity contribution is 5.40. The van der Waals surface area contributed by atoms with Gasteiger partial charge in [0.25, 0.3) is 0 Å². The SMILES string of the molecule is CNc1cc(C(F)(F)F)cc(C(C)C)n1. The maximum absolute atomic E-state index is 12.5. The van der Waals surface area contributed by atoms with Gasteiger partial charge >= 0.3 is 6.18 Å². The molecule has 2 nitrogen and oxygen atoms in total. The summed E-state index contributed by atoms with van der Waals surface area (Å²) in [5, 5.41) is 2.62. The first kappa shape index (κ1) is 11.8. The molecule has 15 heavy (non-hydrogen) atoms. The van der Waals surface area contributed by atoms with Gasteiger partial charge in [0.1, 0.15) is 5.82 Å². The van der Waals surface area contributed by atoms with Crippen LogP contribution in [0.15, 0.2) is 12.1 Å². The van der Waals surface area contributed by atoms with E-state index < -0.39 is 11.7 Å². The van der Waals surface area contributed by atoms with Crippen LogP contribution >= 0.6 is 0 Å². The summed E-state index contributed by atoms with van der Waals surface area (Å²) >= 11 is 0. The van der Waals surface area contributed by atoms with E-state index in [0.29, 0.717) is 5.69 Å². The lowest BCUT2D eigenvalue weighted by Crippen LogP contribution is -2.09. The smallest absolute Gasteiger partial charge is 0.373 e. The minimum absolute atomic E-state index is 0.0283. The van der Waals surface area contributed by atoms with Crippen LogP contribution in [0.25, 0.3) is 0 Å². The van der Waals surface area contributed by atoms with Crippen LogP contribution in [0.1, 0.15) is 31.0 Å². The molecule has 0 aromatic carbocycles. The molecule has 1 heterocycles. The molecule has 1 rings (SSSR count). The number of hydrogen-bond acceptors (Lipinski definition) is 2. The fraction of sp³-hybridized carbons (Fsp3) is 0.500. The van der Waals surface area contributed by atoms with Crippen molar-refractivity contribution in [2.24, 2.45) is 0 Å².